The Balaban J connectivity index is 1.28. The molecule has 0 aliphatic heterocycles. The quantitative estimate of drug-likeness (QED) is 0.621. The highest BCUT2D eigenvalue weighted by Crippen LogP contribution is 2.61. The lowest BCUT2D eigenvalue weighted by Gasteiger charge is -2.56. The molecule has 0 saturated heterocycles. The van der Waals surface area contributed by atoms with Crippen molar-refractivity contribution in [3.63, 3.8) is 0 Å². The molecule has 126 valence electrons. The number of amides is 2. The Bertz CT molecular complexity index is 490. The summed E-state index contributed by atoms with van der Waals surface area (Å²) in [5.74, 6) is 2.56. The van der Waals surface area contributed by atoms with Gasteiger partial charge in [-0.25, -0.2) is 0 Å². The molecule has 4 nitrogen and oxygen atoms in total. The molecular formula is C19H28N2O2. The standard InChI is InChI=1S/C19H28N2O2/c22-17(20-21-18(23)16-4-2-1-3-5-16)12-19-9-13-6-14(10-19)8-15(7-13)11-19/h1-2,13-16H,3-12H2,(H,20,22)(H,21,23)/t13?,14?,15?,16-,19?/m0/s1. The molecule has 0 aromatic rings. The number of rotatable bonds is 3. The molecule has 23 heavy (non-hydrogen) atoms. The minimum atomic E-state index is -0.0341. The van der Waals surface area contributed by atoms with Crippen molar-refractivity contribution in [3.05, 3.63) is 12.2 Å². The summed E-state index contributed by atoms with van der Waals surface area (Å²) in [6, 6.07) is 0. The van der Waals surface area contributed by atoms with Gasteiger partial charge in [0.2, 0.25) is 11.8 Å². The molecular weight excluding hydrogens is 288 g/mol. The maximum absolute atomic E-state index is 12.4. The van der Waals surface area contributed by atoms with E-state index in [0.29, 0.717) is 6.42 Å². The molecule has 0 unspecified atom stereocenters. The summed E-state index contributed by atoms with van der Waals surface area (Å²) < 4.78 is 0. The van der Waals surface area contributed by atoms with Crippen molar-refractivity contribution in [2.75, 3.05) is 0 Å². The van der Waals surface area contributed by atoms with E-state index in [9.17, 15) is 9.59 Å². The average Bonchev–Trinajstić information content (AvgIpc) is 2.51. The van der Waals surface area contributed by atoms with Gasteiger partial charge >= 0.3 is 0 Å². The molecule has 4 saturated carbocycles. The second kappa shape index (κ2) is 5.95. The number of nitrogens with one attached hydrogen (secondary N) is 2. The molecule has 4 heteroatoms. The Labute approximate surface area is 138 Å². The Morgan fingerprint density at radius 2 is 1.61 bits per heavy atom. The maximum atomic E-state index is 12.4. The predicted octanol–water partition coefficient (Wildman–Crippen LogP) is 3.10. The second-order valence-electron chi connectivity index (χ2n) is 8.61. The van der Waals surface area contributed by atoms with E-state index in [2.05, 4.69) is 23.0 Å². The van der Waals surface area contributed by atoms with Crippen LogP contribution in [0.3, 0.4) is 0 Å². The summed E-state index contributed by atoms with van der Waals surface area (Å²) in [6.07, 6.45) is 15.3. The van der Waals surface area contributed by atoms with Crippen molar-refractivity contribution >= 4 is 11.8 Å². The summed E-state index contributed by atoms with van der Waals surface area (Å²) >= 11 is 0. The lowest BCUT2D eigenvalue weighted by molar-refractivity contribution is -0.135. The number of hydrazine groups is 1. The van der Waals surface area contributed by atoms with Crippen molar-refractivity contribution in [2.24, 2.45) is 29.1 Å². The van der Waals surface area contributed by atoms with Crippen LogP contribution in [-0.2, 0) is 9.59 Å². The third kappa shape index (κ3) is 3.17. The van der Waals surface area contributed by atoms with Crippen LogP contribution in [-0.4, -0.2) is 11.8 Å². The van der Waals surface area contributed by atoms with Gasteiger partial charge in [0.05, 0.1) is 0 Å². The number of hydrogen-bond donors (Lipinski definition) is 2. The molecule has 2 N–H and O–H groups in total. The van der Waals surface area contributed by atoms with E-state index in [4.69, 9.17) is 0 Å². The van der Waals surface area contributed by atoms with Gasteiger partial charge in [0, 0.05) is 12.3 Å². The maximum Gasteiger partial charge on any atom is 0.241 e. The van der Waals surface area contributed by atoms with E-state index in [1.54, 1.807) is 0 Å². The Kier molecular flexibility index (Phi) is 3.94. The average molecular weight is 316 g/mol. The van der Waals surface area contributed by atoms with Crippen molar-refractivity contribution < 1.29 is 9.59 Å². The SMILES string of the molecule is O=C(CC12CC3CC(CC(C3)C1)C2)NNC(=O)[C@H]1CC=CCC1. The first-order chi connectivity index (χ1) is 11.1. The largest absolute Gasteiger partial charge is 0.273 e. The van der Waals surface area contributed by atoms with Crippen LogP contribution in [0.4, 0.5) is 0 Å². The highest BCUT2D eigenvalue weighted by molar-refractivity contribution is 5.83. The summed E-state index contributed by atoms with van der Waals surface area (Å²) in [4.78, 5) is 24.5. The number of carbonyl (C=O) groups is 2. The van der Waals surface area contributed by atoms with Gasteiger partial charge in [-0.05, 0) is 81.0 Å². The van der Waals surface area contributed by atoms with Gasteiger partial charge in [-0.1, -0.05) is 12.2 Å². The van der Waals surface area contributed by atoms with Crippen LogP contribution in [0.2, 0.25) is 0 Å². The Morgan fingerprint density at radius 1 is 0.957 bits per heavy atom. The summed E-state index contributed by atoms with van der Waals surface area (Å²) in [7, 11) is 0. The first-order valence-electron chi connectivity index (χ1n) is 9.36. The molecule has 5 aliphatic carbocycles. The molecule has 5 rings (SSSR count). The van der Waals surface area contributed by atoms with E-state index in [1.165, 1.54) is 38.5 Å². The van der Waals surface area contributed by atoms with E-state index < -0.39 is 0 Å². The Hall–Kier alpha value is -1.32. The fourth-order valence-corrected chi connectivity index (χ4v) is 6.16. The molecule has 2 amide bonds. The monoisotopic (exact) mass is 316 g/mol. The first-order valence-corrected chi connectivity index (χ1v) is 9.36. The normalized spacial score (nSPS) is 40.9. The third-order valence-electron chi connectivity index (χ3n) is 6.67. The summed E-state index contributed by atoms with van der Waals surface area (Å²) in [5.41, 5.74) is 5.59. The molecule has 0 spiro atoms. The lowest BCUT2D eigenvalue weighted by atomic mass is 9.49. The van der Waals surface area contributed by atoms with Crippen LogP contribution in [0.15, 0.2) is 12.2 Å². The highest BCUT2D eigenvalue weighted by Gasteiger charge is 2.51. The minimum Gasteiger partial charge on any atom is -0.273 e. The summed E-state index contributed by atoms with van der Waals surface area (Å²) in [6.45, 7) is 0. The van der Waals surface area contributed by atoms with Crippen molar-refractivity contribution in [1.29, 1.82) is 0 Å². The molecule has 0 aromatic heterocycles. The number of allylic oxidation sites excluding steroid dienone is 2. The molecule has 1 atom stereocenters. The van der Waals surface area contributed by atoms with Gasteiger partial charge in [0.25, 0.3) is 0 Å². The fraction of sp³-hybridized carbons (Fsp3) is 0.789. The van der Waals surface area contributed by atoms with Crippen molar-refractivity contribution in [3.8, 4) is 0 Å². The van der Waals surface area contributed by atoms with Crippen LogP contribution in [0.5, 0.6) is 0 Å². The number of carbonyl (C=O) groups excluding carboxylic acids is 2. The number of hydrogen-bond acceptors (Lipinski definition) is 2. The molecule has 5 aliphatic rings. The van der Waals surface area contributed by atoms with Crippen molar-refractivity contribution in [2.45, 2.75) is 64.2 Å². The topological polar surface area (TPSA) is 58.2 Å². The molecule has 0 radical (unpaired) electrons. The van der Waals surface area contributed by atoms with Crippen LogP contribution in [0, 0.1) is 29.1 Å². The van der Waals surface area contributed by atoms with Gasteiger partial charge in [-0.2, -0.15) is 0 Å². The zero-order valence-corrected chi connectivity index (χ0v) is 13.9. The van der Waals surface area contributed by atoms with Crippen molar-refractivity contribution in [1.82, 2.24) is 10.9 Å². The van der Waals surface area contributed by atoms with Crippen LogP contribution >= 0.6 is 0 Å². The minimum absolute atomic E-state index is 0.00616. The predicted molar refractivity (Wildman–Crippen MR) is 88.0 cm³/mol. The van der Waals surface area contributed by atoms with E-state index in [0.717, 1.165) is 37.0 Å². The fourth-order valence-electron chi connectivity index (χ4n) is 6.16. The van der Waals surface area contributed by atoms with Crippen LogP contribution in [0.25, 0.3) is 0 Å². The first kappa shape index (κ1) is 15.2. The zero-order valence-electron chi connectivity index (χ0n) is 13.9. The molecule has 0 heterocycles. The Morgan fingerprint density at radius 3 is 2.17 bits per heavy atom. The molecule has 4 fully saturated rings. The summed E-state index contributed by atoms with van der Waals surface area (Å²) in [5, 5.41) is 0. The van der Waals surface area contributed by atoms with Gasteiger partial charge in [0.1, 0.15) is 0 Å². The molecule has 4 bridgehead atoms. The van der Waals surface area contributed by atoms with Gasteiger partial charge in [0.15, 0.2) is 0 Å². The zero-order chi connectivity index (χ0) is 15.9. The highest BCUT2D eigenvalue weighted by atomic mass is 16.2. The van der Waals surface area contributed by atoms with Gasteiger partial charge in [-0.15, -0.1) is 0 Å². The lowest BCUT2D eigenvalue weighted by Crippen LogP contribution is -2.50. The second-order valence-corrected chi connectivity index (χ2v) is 8.61. The van der Waals surface area contributed by atoms with Crippen LogP contribution < -0.4 is 10.9 Å². The van der Waals surface area contributed by atoms with E-state index in [-0.39, 0.29) is 23.1 Å². The van der Waals surface area contributed by atoms with Gasteiger partial charge < -0.3 is 0 Å². The smallest absolute Gasteiger partial charge is 0.241 e. The van der Waals surface area contributed by atoms with Gasteiger partial charge in [-0.3, -0.25) is 20.4 Å². The third-order valence-corrected chi connectivity index (χ3v) is 6.67. The van der Waals surface area contributed by atoms with Crippen LogP contribution in [0.1, 0.15) is 64.2 Å². The van der Waals surface area contributed by atoms with E-state index in [1.807, 2.05) is 0 Å². The van der Waals surface area contributed by atoms with E-state index >= 15 is 0 Å². The molecule has 0 aromatic carbocycles.